The Labute approximate surface area is 123 Å². The third-order valence-electron chi connectivity index (χ3n) is 2.80. The van der Waals surface area contributed by atoms with E-state index >= 15 is 0 Å². The number of nitrogens with zero attached hydrogens (tertiary/aromatic N) is 2. The van der Waals surface area contributed by atoms with Gasteiger partial charge in [-0.2, -0.15) is 0 Å². The Bertz CT molecular complexity index is 898. The number of rotatable bonds is 2. The Morgan fingerprint density at radius 3 is 2.86 bits per heavy atom. The summed E-state index contributed by atoms with van der Waals surface area (Å²) in [5, 5.41) is 11.6. The summed E-state index contributed by atoms with van der Waals surface area (Å²) in [5.74, 6) is 0.110. The van der Waals surface area contributed by atoms with Gasteiger partial charge in [-0.05, 0) is 19.1 Å². The fraction of sp³-hybridized carbons (Fsp3) is 0.143. The molecular formula is C14H11N3O3S. The Morgan fingerprint density at radius 1 is 1.29 bits per heavy atom. The van der Waals surface area contributed by atoms with Crippen molar-refractivity contribution in [3.05, 3.63) is 40.1 Å². The Balaban J connectivity index is 2.08. The maximum absolute atomic E-state index is 12.1. The van der Waals surface area contributed by atoms with E-state index in [9.17, 15) is 9.59 Å². The van der Waals surface area contributed by atoms with Gasteiger partial charge in [-0.3, -0.25) is 9.59 Å². The Kier molecular flexibility index (Phi) is 3.26. The maximum atomic E-state index is 12.1. The molecule has 1 amide bonds. The van der Waals surface area contributed by atoms with Gasteiger partial charge in [0.25, 0.3) is 0 Å². The fourth-order valence-electron chi connectivity index (χ4n) is 1.90. The highest BCUT2D eigenvalue weighted by Crippen LogP contribution is 2.27. The molecule has 2 heterocycles. The zero-order valence-electron chi connectivity index (χ0n) is 11.3. The van der Waals surface area contributed by atoms with Crippen molar-refractivity contribution in [1.82, 2.24) is 10.2 Å². The average Bonchev–Trinajstić information content (AvgIpc) is 2.87. The van der Waals surface area contributed by atoms with Gasteiger partial charge in [0, 0.05) is 13.0 Å². The summed E-state index contributed by atoms with van der Waals surface area (Å²) in [4.78, 5) is 23.1. The van der Waals surface area contributed by atoms with Crippen LogP contribution < -0.4 is 10.7 Å². The van der Waals surface area contributed by atoms with Crippen molar-refractivity contribution in [2.24, 2.45) is 0 Å². The van der Waals surface area contributed by atoms with Crippen molar-refractivity contribution in [2.45, 2.75) is 13.8 Å². The van der Waals surface area contributed by atoms with Crippen LogP contribution >= 0.6 is 11.3 Å². The predicted octanol–water partition coefficient (Wildman–Crippen LogP) is 2.58. The molecule has 0 fully saturated rings. The monoisotopic (exact) mass is 301 g/mol. The van der Waals surface area contributed by atoms with Crippen LogP contribution in [0.25, 0.3) is 21.7 Å². The van der Waals surface area contributed by atoms with E-state index < -0.39 is 0 Å². The summed E-state index contributed by atoms with van der Waals surface area (Å²) >= 11 is 1.15. The summed E-state index contributed by atoms with van der Waals surface area (Å²) in [7, 11) is 0. The molecule has 6 nitrogen and oxygen atoms in total. The van der Waals surface area contributed by atoms with Crippen LogP contribution in [0, 0.1) is 6.92 Å². The normalized spacial score (nSPS) is 10.8. The van der Waals surface area contributed by atoms with Gasteiger partial charge in [-0.1, -0.05) is 23.0 Å². The third-order valence-corrected chi connectivity index (χ3v) is 3.65. The minimum atomic E-state index is -0.229. The molecule has 0 saturated heterocycles. The van der Waals surface area contributed by atoms with E-state index in [-0.39, 0.29) is 11.3 Å². The van der Waals surface area contributed by atoms with E-state index in [0.717, 1.165) is 16.9 Å². The number of carbonyl (C=O) groups excluding carboxylic acids is 1. The van der Waals surface area contributed by atoms with Crippen LogP contribution in [0.5, 0.6) is 0 Å². The Morgan fingerprint density at radius 2 is 2.10 bits per heavy atom. The van der Waals surface area contributed by atoms with Gasteiger partial charge in [0.15, 0.2) is 16.2 Å². The molecule has 0 bridgehead atoms. The molecule has 7 heteroatoms. The zero-order valence-corrected chi connectivity index (χ0v) is 12.2. The van der Waals surface area contributed by atoms with E-state index in [1.54, 1.807) is 12.1 Å². The SMILES string of the molecule is CC(=O)Nc1nnc(-c2cc(=O)c3cc(C)ccc3o2)s1. The van der Waals surface area contributed by atoms with Crippen LogP contribution in [0.2, 0.25) is 0 Å². The van der Waals surface area contributed by atoms with Crippen molar-refractivity contribution in [3.8, 4) is 10.8 Å². The largest absolute Gasteiger partial charge is 0.453 e. The number of hydrogen-bond donors (Lipinski definition) is 1. The molecule has 0 saturated carbocycles. The number of anilines is 1. The number of carbonyl (C=O) groups is 1. The molecule has 0 aliphatic heterocycles. The highest BCUT2D eigenvalue weighted by molar-refractivity contribution is 7.18. The van der Waals surface area contributed by atoms with Gasteiger partial charge in [-0.15, -0.1) is 10.2 Å². The summed E-state index contributed by atoms with van der Waals surface area (Å²) in [6, 6.07) is 6.80. The van der Waals surface area contributed by atoms with E-state index in [2.05, 4.69) is 15.5 Å². The first kappa shape index (κ1) is 13.4. The van der Waals surface area contributed by atoms with Gasteiger partial charge >= 0.3 is 0 Å². The average molecular weight is 301 g/mol. The second-order valence-corrected chi connectivity index (χ2v) is 5.55. The van der Waals surface area contributed by atoms with Crippen LogP contribution in [0.1, 0.15) is 12.5 Å². The second kappa shape index (κ2) is 5.10. The first-order valence-corrected chi connectivity index (χ1v) is 7.00. The molecule has 0 aliphatic carbocycles. The summed E-state index contributed by atoms with van der Waals surface area (Å²) in [6.07, 6.45) is 0. The lowest BCUT2D eigenvalue weighted by Gasteiger charge is -2.00. The molecule has 3 aromatic rings. The number of hydrogen-bond acceptors (Lipinski definition) is 6. The molecule has 0 radical (unpaired) electrons. The molecule has 1 aromatic carbocycles. The lowest BCUT2D eigenvalue weighted by Crippen LogP contribution is -2.04. The number of aromatic nitrogens is 2. The summed E-state index contributed by atoms with van der Waals surface area (Å²) in [6.45, 7) is 3.30. The van der Waals surface area contributed by atoms with Gasteiger partial charge in [0.1, 0.15) is 5.58 Å². The predicted molar refractivity (Wildman–Crippen MR) is 80.4 cm³/mol. The summed E-state index contributed by atoms with van der Waals surface area (Å²) < 4.78 is 5.70. The molecule has 3 rings (SSSR count). The molecular weight excluding hydrogens is 290 g/mol. The quantitative estimate of drug-likeness (QED) is 0.786. The highest BCUT2D eigenvalue weighted by atomic mass is 32.1. The van der Waals surface area contributed by atoms with Crippen LogP contribution in [-0.2, 0) is 4.79 Å². The second-order valence-electron chi connectivity index (χ2n) is 4.57. The third kappa shape index (κ3) is 2.68. The van der Waals surface area contributed by atoms with E-state index in [1.807, 2.05) is 13.0 Å². The molecule has 1 N–H and O–H groups in total. The van der Waals surface area contributed by atoms with Gasteiger partial charge in [-0.25, -0.2) is 0 Å². The molecule has 0 atom stereocenters. The standard InChI is InChI=1S/C14H11N3O3S/c1-7-3-4-11-9(5-7)10(19)6-12(20-11)13-16-17-14(21-13)15-8(2)18/h3-6H,1-2H3,(H,15,17,18). The van der Waals surface area contributed by atoms with Crippen LogP contribution in [0.15, 0.2) is 33.5 Å². The number of aryl methyl sites for hydroxylation is 1. The lowest BCUT2D eigenvalue weighted by molar-refractivity contribution is -0.114. The van der Waals surface area contributed by atoms with Gasteiger partial charge < -0.3 is 9.73 Å². The number of fused-ring (bicyclic) bond motifs is 1. The molecule has 0 unspecified atom stereocenters. The molecule has 106 valence electrons. The van der Waals surface area contributed by atoms with Gasteiger partial charge in [0.2, 0.25) is 11.0 Å². The molecule has 0 aliphatic rings. The van der Waals surface area contributed by atoms with Crippen molar-refractivity contribution >= 4 is 33.3 Å². The minimum Gasteiger partial charge on any atom is -0.453 e. The minimum absolute atomic E-state index is 0.133. The van der Waals surface area contributed by atoms with Crippen molar-refractivity contribution in [3.63, 3.8) is 0 Å². The number of benzene rings is 1. The molecule has 21 heavy (non-hydrogen) atoms. The first-order chi connectivity index (χ1) is 10.0. The first-order valence-electron chi connectivity index (χ1n) is 6.19. The fourth-order valence-corrected chi connectivity index (χ4v) is 2.64. The lowest BCUT2D eigenvalue weighted by atomic mass is 10.1. The highest BCUT2D eigenvalue weighted by Gasteiger charge is 2.12. The smallest absolute Gasteiger partial charge is 0.223 e. The van der Waals surface area contributed by atoms with E-state index in [1.165, 1.54) is 13.0 Å². The molecule has 2 aromatic heterocycles. The van der Waals surface area contributed by atoms with Gasteiger partial charge in [0.05, 0.1) is 5.39 Å². The van der Waals surface area contributed by atoms with Crippen molar-refractivity contribution < 1.29 is 9.21 Å². The maximum Gasteiger partial charge on any atom is 0.223 e. The summed E-state index contributed by atoms with van der Waals surface area (Å²) in [5.41, 5.74) is 1.36. The van der Waals surface area contributed by atoms with Crippen LogP contribution in [0.3, 0.4) is 0 Å². The molecule has 0 spiro atoms. The van der Waals surface area contributed by atoms with Crippen LogP contribution in [0.4, 0.5) is 5.13 Å². The topological polar surface area (TPSA) is 85.1 Å². The van der Waals surface area contributed by atoms with E-state index in [4.69, 9.17) is 4.42 Å². The van der Waals surface area contributed by atoms with Crippen molar-refractivity contribution in [2.75, 3.05) is 5.32 Å². The zero-order chi connectivity index (χ0) is 15.0. The number of nitrogens with one attached hydrogen (secondary N) is 1. The van der Waals surface area contributed by atoms with E-state index in [0.29, 0.717) is 26.9 Å². The number of amides is 1. The van der Waals surface area contributed by atoms with Crippen LogP contribution in [-0.4, -0.2) is 16.1 Å². The van der Waals surface area contributed by atoms with Crippen molar-refractivity contribution in [1.29, 1.82) is 0 Å². The Hall–Kier alpha value is -2.54.